The van der Waals surface area contributed by atoms with Gasteiger partial charge in [-0.2, -0.15) is 0 Å². The number of aromatic nitrogens is 2. The van der Waals surface area contributed by atoms with Gasteiger partial charge in [-0.15, -0.1) is 10.2 Å². The molecule has 11 heteroatoms. The Kier molecular flexibility index (Phi) is 4.78. The lowest BCUT2D eigenvalue weighted by Gasteiger charge is -2.23. The van der Waals surface area contributed by atoms with Gasteiger partial charge in [-0.3, -0.25) is 0 Å². The van der Waals surface area contributed by atoms with E-state index in [1.54, 1.807) is 26.8 Å². The smallest absolute Gasteiger partial charge is 0.320 e. The second-order valence-electron chi connectivity index (χ2n) is 5.67. The van der Waals surface area contributed by atoms with Crippen molar-refractivity contribution in [3.63, 3.8) is 0 Å². The number of nitrogen functional groups attached to an aromatic ring is 1. The molecule has 1 aromatic carbocycles. The molecular weight excluding hydrogens is 352 g/mol. The van der Waals surface area contributed by atoms with E-state index in [1.165, 1.54) is 23.5 Å². The Morgan fingerprint density at radius 2 is 1.96 bits per heavy atom. The van der Waals surface area contributed by atoms with Crippen LogP contribution in [0.2, 0.25) is 0 Å². The molecule has 9 nitrogen and oxygen atoms in total. The summed E-state index contributed by atoms with van der Waals surface area (Å²) in [7, 11) is -3.86. The maximum Gasteiger partial charge on any atom is 0.320 e. The van der Waals surface area contributed by atoms with Crippen LogP contribution in [0.3, 0.4) is 0 Å². The number of rotatable bonds is 4. The first-order valence-corrected chi connectivity index (χ1v) is 9.17. The number of carbonyl (C=O) groups excluding carboxylic acids is 1. The third kappa shape index (κ3) is 4.19. The number of carbonyl (C=O) groups is 1. The number of benzene rings is 1. The molecule has 0 fully saturated rings. The van der Waals surface area contributed by atoms with Gasteiger partial charge in [0.1, 0.15) is 5.01 Å². The minimum atomic E-state index is -3.86. The van der Waals surface area contributed by atoms with Crippen molar-refractivity contribution in [2.75, 3.05) is 11.1 Å². The molecule has 0 radical (unpaired) electrons. The van der Waals surface area contributed by atoms with Crippen LogP contribution in [-0.2, 0) is 15.6 Å². The highest BCUT2D eigenvalue weighted by molar-refractivity contribution is 7.89. The Balaban J connectivity index is 2.18. The van der Waals surface area contributed by atoms with Gasteiger partial charge in [-0.1, -0.05) is 17.4 Å². The van der Waals surface area contributed by atoms with Crippen molar-refractivity contribution in [2.24, 2.45) is 5.14 Å². The van der Waals surface area contributed by atoms with Gasteiger partial charge in [0, 0.05) is 5.69 Å². The lowest BCUT2D eigenvalue weighted by Crippen LogP contribution is -2.43. The van der Waals surface area contributed by atoms with Gasteiger partial charge >= 0.3 is 6.03 Å². The van der Waals surface area contributed by atoms with E-state index in [4.69, 9.17) is 10.9 Å². The van der Waals surface area contributed by atoms with Gasteiger partial charge in [0.2, 0.25) is 15.2 Å². The number of nitrogens with zero attached hydrogens (tertiary/aromatic N) is 2. The number of urea groups is 1. The number of hydrogen-bond donors (Lipinski definition) is 4. The molecule has 130 valence electrons. The third-order valence-electron chi connectivity index (χ3n) is 3.19. The molecule has 0 saturated heterocycles. The van der Waals surface area contributed by atoms with Crippen LogP contribution in [0.1, 0.15) is 24.4 Å². The molecular formula is C13H18N6O3S2. The number of nitrogens with two attached hydrogens (primary N) is 2. The van der Waals surface area contributed by atoms with Crippen LogP contribution < -0.4 is 21.5 Å². The van der Waals surface area contributed by atoms with E-state index >= 15 is 0 Å². The Morgan fingerprint density at radius 3 is 2.50 bits per heavy atom. The Labute approximate surface area is 143 Å². The van der Waals surface area contributed by atoms with Crippen molar-refractivity contribution in [3.05, 3.63) is 28.8 Å². The van der Waals surface area contributed by atoms with Gasteiger partial charge in [-0.25, -0.2) is 18.4 Å². The molecule has 2 amide bonds. The van der Waals surface area contributed by atoms with Crippen molar-refractivity contribution in [1.82, 2.24) is 15.5 Å². The molecule has 1 aromatic heterocycles. The van der Waals surface area contributed by atoms with E-state index < -0.39 is 21.6 Å². The average Bonchev–Trinajstić information content (AvgIpc) is 2.87. The zero-order chi connectivity index (χ0) is 18.1. The summed E-state index contributed by atoms with van der Waals surface area (Å²) in [6.45, 7) is 5.24. The Bertz CT molecular complexity index is 876. The molecule has 6 N–H and O–H groups in total. The number of amides is 2. The highest BCUT2D eigenvalue weighted by atomic mass is 32.2. The molecule has 0 atom stereocenters. The lowest BCUT2D eigenvalue weighted by atomic mass is 10.1. The molecule has 0 spiro atoms. The standard InChI is InChI=1S/C13H18N6O3S2/c1-7-4-5-8(24(15,21)22)6-9(7)16-12(20)17-13(2,3)10-18-19-11(14)23-10/h4-6H,1-3H3,(H2,14,19)(H2,15,21,22)(H2,16,17,20). The average molecular weight is 370 g/mol. The maximum absolute atomic E-state index is 12.2. The normalized spacial score (nSPS) is 12.0. The number of aryl methyl sites for hydroxylation is 1. The minimum absolute atomic E-state index is 0.0837. The number of sulfonamides is 1. The largest absolute Gasteiger partial charge is 0.374 e. The summed E-state index contributed by atoms with van der Waals surface area (Å²) >= 11 is 1.17. The Hall–Kier alpha value is -2.24. The number of nitrogens with one attached hydrogen (secondary N) is 2. The van der Waals surface area contributed by atoms with Crippen LogP contribution in [0.4, 0.5) is 15.6 Å². The monoisotopic (exact) mass is 370 g/mol. The molecule has 0 aliphatic heterocycles. The van der Waals surface area contributed by atoms with E-state index in [0.29, 0.717) is 21.4 Å². The highest BCUT2D eigenvalue weighted by Crippen LogP contribution is 2.25. The van der Waals surface area contributed by atoms with Gasteiger partial charge in [0.15, 0.2) is 0 Å². The van der Waals surface area contributed by atoms with Crippen LogP contribution >= 0.6 is 11.3 Å². The van der Waals surface area contributed by atoms with Crippen molar-refractivity contribution in [3.8, 4) is 0 Å². The summed E-state index contributed by atoms with van der Waals surface area (Å²) in [5, 5.41) is 18.9. The number of anilines is 2. The van der Waals surface area contributed by atoms with Gasteiger partial charge in [0.25, 0.3) is 0 Å². The zero-order valence-electron chi connectivity index (χ0n) is 13.3. The molecule has 2 rings (SSSR count). The summed E-state index contributed by atoms with van der Waals surface area (Å²) in [5.74, 6) is 0. The minimum Gasteiger partial charge on any atom is -0.374 e. The topological polar surface area (TPSA) is 153 Å². The van der Waals surface area contributed by atoms with E-state index in [1.807, 2.05) is 0 Å². The Morgan fingerprint density at radius 1 is 1.29 bits per heavy atom. The predicted octanol–water partition coefficient (Wildman–Crippen LogP) is 1.13. The molecule has 0 aliphatic carbocycles. The second-order valence-corrected chi connectivity index (χ2v) is 8.24. The van der Waals surface area contributed by atoms with E-state index in [0.717, 1.165) is 0 Å². The number of primary sulfonamides is 1. The number of hydrogen-bond acceptors (Lipinski definition) is 7. The van der Waals surface area contributed by atoms with E-state index in [9.17, 15) is 13.2 Å². The summed E-state index contributed by atoms with van der Waals surface area (Å²) in [6, 6.07) is 3.72. The summed E-state index contributed by atoms with van der Waals surface area (Å²) in [6.07, 6.45) is 0. The SMILES string of the molecule is Cc1ccc(S(N)(=O)=O)cc1NC(=O)NC(C)(C)c1nnc(N)s1. The summed E-state index contributed by atoms with van der Waals surface area (Å²) in [4.78, 5) is 12.2. The first kappa shape index (κ1) is 18.1. The van der Waals surface area contributed by atoms with Crippen molar-refractivity contribution >= 4 is 38.2 Å². The summed E-state index contributed by atoms with van der Waals surface area (Å²) < 4.78 is 22.8. The third-order valence-corrected chi connectivity index (χ3v) is 5.17. The van der Waals surface area contributed by atoms with Crippen LogP contribution in [0.25, 0.3) is 0 Å². The van der Waals surface area contributed by atoms with Crippen LogP contribution in [0.5, 0.6) is 0 Å². The molecule has 0 aliphatic rings. The van der Waals surface area contributed by atoms with Gasteiger partial charge < -0.3 is 16.4 Å². The van der Waals surface area contributed by atoms with Crippen LogP contribution in [0.15, 0.2) is 23.1 Å². The van der Waals surface area contributed by atoms with Crippen molar-refractivity contribution < 1.29 is 13.2 Å². The molecule has 24 heavy (non-hydrogen) atoms. The molecule has 2 aromatic rings. The maximum atomic E-state index is 12.2. The fraction of sp³-hybridized carbons (Fsp3) is 0.308. The van der Waals surface area contributed by atoms with E-state index in [-0.39, 0.29) is 4.90 Å². The molecule has 0 saturated carbocycles. The van der Waals surface area contributed by atoms with Gasteiger partial charge in [-0.05, 0) is 38.5 Å². The molecule has 0 bridgehead atoms. The highest BCUT2D eigenvalue weighted by Gasteiger charge is 2.27. The predicted molar refractivity (Wildman–Crippen MR) is 92.1 cm³/mol. The van der Waals surface area contributed by atoms with Crippen LogP contribution in [0, 0.1) is 6.92 Å². The fourth-order valence-electron chi connectivity index (χ4n) is 1.89. The second kappa shape index (κ2) is 6.34. The van der Waals surface area contributed by atoms with E-state index in [2.05, 4.69) is 20.8 Å². The quantitative estimate of drug-likeness (QED) is 0.633. The first-order chi connectivity index (χ1) is 11.0. The van der Waals surface area contributed by atoms with Crippen molar-refractivity contribution in [1.29, 1.82) is 0 Å². The fourth-order valence-corrected chi connectivity index (χ4v) is 3.10. The lowest BCUT2D eigenvalue weighted by molar-refractivity contribution is 0.241. The first-order valence-electron chi connectivity index (χ1n) is 6.81. The zero-order valence-corrected chi connectivity index (χ0v) is 15.0. The van der Waals surface area contributed by atoms with Crippen molar-refractivity contribution in [2.45, 2.75) is 31.2 Å². The molecule has 1 heterocycles. The van der Waals surface area contributed by atoms with Gasteiger partial charge in [0.05, 0.1) is 10.4 Å². The molecule has 0 unspecified atom stereocenters. The van der Waals surface area contributed by atoms with Crippen LogP contribution in [-0.4, -0.2) is 24.6 Å². The summed E-state index contributed by atoms with van der Waals surface area (Å²) in [5.41, 5.74) is 5.78.